The maximum Gasteiger partial charge on any atom is 0.335 e. The Morgan fingerprint density at radius 3 is 2.73 bits per heavy atom. The average Bonchev–Trinajstić information content (AvgIpc) is 3.16. The number of hydrogen-bond donors (Lipinski definition) is 2. The second-order valence-corrected chi connectivity index (χ2v) is 6.10. The van der Waals surface area contributed by atoms with E-state index in [0.29, 0.717) is 22.7 Å². The summed E-state index contributed by atoms with van der Waals surface area (Å²) >= 11 is 0. The second kappa shape index (κ2) is 6.04. The molecule has 0 aliphatic carbocycles. The molecular formula is C21H15NO4. The Kier molecular flexibility index (Phi) is 3.69. The van der Waals surface area contributed by atoms with Crippen molar-refractivity contribution in [2.24, 2.45) is 0 Å². The van der Waals surface area contributed by atoms with Crippen LogP contribution in [-0.4, -0.2) is 17.0 Å². The molecule has 1 aliphatic rings. The van der Waals surface area contributed by atoms with Crippen molar-refractivity contribution in [1.29, 1.82) is 0 Å². The highest BCUT2D eigenvalue weighted by molar-refractivity contribution is 6.34. The third kappa shape index (κ3) is 2.69. The second-order valence-electron chi connectivity index (χ2n) is 6.10. The van der Waals surface area contributed by atoms with Crippen molar-refractivity contribution in [3.8, 4) is 11.3 Å². The highest BCUT2D eigenvalue weighted by atomic mass is 16.4. The predicted octanol–water partition coefficient (Wildman–Crippen LogP) is 4.45. The molecule has 128 valence electrons. The van der Waals surface area contributed by atoms with Crippen molar-refractivity contribution in [2.75, 3.05) is 5.32 Å². The van der Waals surface area contributed by atoms with Gasteiger partial charge >= 0.3 is 5.97 Å². The molecule has 0 atom stereocenters. The van der Waals surface area contributed by atoms with Gasteiger partial charge in [0, 0.05) is 16.8 Å². The van der Waals surface area contributed by atoms with Crippen molar-refractivity contribution < 1.29 is 19.1 Å². The van der Waals surface area contributed by atoms with Crippen molar-refractivity contribution in [2.45, 2.75) is 6.92 Å². The van der Waals surface area contributed by atoms with Crippen LogP contribution in [0.25, 0.3) is 23.0 Å². The number of furan rings is 1. The number of benzene rings is 2. The third-order valence-corrected chi connectivity index (χ3v) is 4.34. The SMILES string of the molecule is Cc1cc(-c2cccc(C(=O)O)c2)oc1/C=C1\C(=O)Nc2ccccc21. The first kappa shape index (κ1) is 15.9. The van der Waals surface area contributed by atoms with Gasteiger partial charge in [-0.15, -0.1) is 0 Å². The lowest BCUT2D eigenvalue weighted by molar-refractivity contribution is -0.110. The van der Waals surface area contributed by atoms with Gasteiger partial charge in [-0.25, -0.2) is 4.79 Å². The number of rotatable bonds is 3. The van der Waals surface area contributed by atoms with Gasteiger partial charge in [-0.05, 0) is 42.8 Å². The minimum Gasteiger partial charge on any atom is -0.478 e. The highest BCUT2D eigenvalue weighted by Gasteiger charge is 2.24. The molecule has 5 nitrogen and oxygen atoms in total. The first-order chi connectivity index (χ1) is 12.5. The van der Waals surface area contributed by atoms with Crippen LogP contribution in [0.3, 0.4) is 0 Å². The highest BCUT2D eigenvalue weighted by Crippen LogP contribution is 2.34. The number of carbonyl (C=O) groups excluding carboxylic acids is 1. The van der Waals surface area contributed by atoms with Crippen LogP contribution in [0.2, 0.25) is 0 Å². The van der Waals surface area contributed by atoms with Gasteiger partial charge in [-0.1, -0.05) is 30.3 Å². The van der Waals surface area contributed by atoms with Crippen molar-refractivity contribution >= 4 is 29.2 Å². The first-order valence-corrected chi connectivity index (χ1v) is 8.09. The fraction of sp³-hybridized carbons (Fsp3) is 0.0476. The van der Waals surface area contributed by atoms with E-state index in [9.17, 15) is 9.59 Å². The molecule has 2 aromatic carbocycles. The van der Waals surface area contributed by atoms with E-state index in [1.807, 2.05) is 37.3 Å². The van der Waals surface area contributed by atoms with Crippen LogP contribution in [-0.2, 0) is 4.79 Å². The number of carboxylic acids is 1. The smallest absolute Gasteiger partial charge is 0.335 e. The quantitative estimate of drug-likeness (QED) is 0.688. The summed E-state index contributed by atoms with van der Waals surface area (Å²) in [7, 11) is 0. The number of carbonyl (C=O) groups is 2. The summed E-state index contributed by atoms with van der Waals surface area (Å²) < 4.78 is 5.91. The van der Waals surface area contributed by atoms with E-state index in [4.69, 9.17) is 9.52 Å². The molecule has 1 aromatic heterocycles. The number of aryl methyl sites for hydroxylation is 1. The van der Waals surface area contributed by atoms with E-state index in [2.05, 4.69) is 5.32 Å². The lowest BCUT2D eigenvalue weighted by Crippen LogP contribution is -2.03. The fourth-order valence-electron chi connectivity index (χ4n) is 3.00. The van der Waals surface area contributed by atoms with Crippen LogP contribution in [0, 0.1) is 6.92 Å². The van der Waals surface area contributed by atoms with Gasteiger partial charge in [0.1, 0.15) is 11.5 Å². The Morgan fingerprint density at radius 2 is 1.92 bits per heavy atom. The molecule has 0 fully saturated rings. The van der Waals surface area contributed by atoms with Crippen LogP contribution in [0.4, 0.5) is 5.69 Å². The lowest BCUT2D eigenvalue weighted by atomic mass is 10.1. The van der Waals surface area contributed by atoms with Gasteiger partial charge in [0.25, 0.3) is 5.91 Å². The monoisotopic (exact) mass is 345 g/mol. The molecule has 26 heavy (non-hydrogen) atoms. The predicted molar refractivity (Wildman–Crippen MR) is 98.8 cm³/mol. The van der Waals surface area contributed by atoms with Crippen molar-refractivity contribution in [3.63, 3.8) is 0 Å². The van der Waals surface area contributed by atoms with Crippen molar-refractivity contribution in [1.82, 2.24) is 0 Å². The van der Waals surface area contributed by atoms with E-state index in [-0.39, 0.29) is 11.5 Å². The summed E-state index contributed by atoms with van der Waals surface area (Å²) in [4.78, 5) is 23.4. The van der Waals surface area contributed by atoms with Gasteiger partial charge in [0.2, 0.25) is 0 Å². The maximum atomic E-state index is 12.3. The summed E-state index contributed by atoms with van der Waals surface area (Å²) in [6.45, 7) is 1.89. The molecule has 5 heteroatoms. The summed E-state index contributed by atoms with van der Waals surface area (Å²) in [5.41, 5.74) is 3.90. The molecule has 0 bridgehead atoms. The molecule has 1 aliphatic heterocycles. The fourth-order valence-corrected chi connectivity index (χ4v) is 3.00. The minimum absolute atomic E-state index is 0.170. The molecule has 0 saturated carbocycles. The average molecular weight is 345 g/mol. The van der Waals surface area contributed by atoms with Crippen LogP contribution < -0.4 is 5.32 Å². The van der Waals surface area contributed by atoms with Gasteiger partial charge in [0.15, 0.2) is 0 Å². The lowest BCUT2D eigenvalue weighted by Gasteiger charge is -1.99. The van der Waals surface area contributed by atoms with Gasteiger partial charge in [-0.3, -0.25) is 4.79 Å². The molecule has 0 spiro atoms. The standard InChI is InChI=1S/C21H15NO4/c1-12-9-19(13-5-4-6-14(10-13)21(24)25)26-18(12)11-16-15-7-2-3-8-17(15)22-20(16)23/h2-11H,1H3,(H,22,23)(H,24,25)/b16-11-. The number of fused-ring (bicyclic) bond motifs is 1. The summed E-state index contributed by atoms with van der Waals surface area (Å²) in [6, 6.07) is 15.9. The third-order valence-electron chi connectivity index (χ3n) is 4.34. The number of aromatic carboxylic acids is 1. The number of hydrogen-bond acceptors (Lipinski definition) is 3. The number of nitrogens with one attached hydrogen (secondary N) is 1. The van der Waals surface area contributed by atoms with Crippen molar-refractivity contribution in [3.05, 3.63) is 77.0 Å². The zero-order valence-corrected chi connectivity index (χ0v) is 13.9. The van der Waals surface area contributed by atoms with Crippen LogP contribution >= 0.6 is 0 Å². The molecular weight excluding hydrogens is 330 g/mol. The number of carboxylic acid groups (broad SMARTS) is 1. The largest absolute Gasteiger partial charge is 0.478 e. The number of anilines is 1. The minimum atomic E-state index is -0.989. The molecule has 2 N–H and O–H groups in total. The molecule has 3 aromatic rings. The number of para-hydroxylation sites is 1. The Hall–Kier alpha value is -3.60. The molecule has 0 radical (unpaired) electrons. The molecule has 2 heterocycles. The van der Waals surface area contributed by atoms with E-state index >= 15 is 0 Å². The normalized spacial score (nSPS) is 14.3. The Labute approximate surface area is 149 Å². The molecule has 0 unspecified atom stereocenters. The zero-order valence-electron chi connectivity index (χ0n) is 13.9. The van der Waals surface area contributed by atoms with E-state index in [1.54, 1.807) is 24.3 Å². The molecule has 0 saturated heterocycles. The zero-order chi connectivity index (χ0) is 18.3. The summed E-state index contributed by atoms with van der Waals surface area (Å²) in [5.74, 6) is -0.0279. The summed E-state index contributed by atoms with van der Waals surface area (Å²) in [5, 5.41) is 12.0. The van der Waals surface area contributed by atoms with E-state index in [0.717, 1.165) is 16.8 Å². The van der Waals surface area contributed by atoms with Crippen LogP contribution in [0.5, 0.6) is 0 Å². The first-order valence-electron chi connectivity index (χ1n) is 8.09. The molecule has 4 rings (SSSR count). The topological polar surface area (TPSA) is 79.5 Å². The van der Waals surface area contributed by atoms with Gasteiger partial charge in [-0.2, -0.15) is 0 Å². The van der Waals surface area contributed by atoms with E-state index in [1.165, 1.54) is 6.07 Å². The Balaban J connectivity index is 1.75. The summed E-state index contributed by atoms with van der Waals surface area (Å²) in [6.07, 6.45) is 1.72. The van der Waals surface area contributed by atoms with Gasteiger partial charge < -0.3 is 14.8 Å². The van der Waals surface area contributed by atoms with Gasteiger partial charge in [0.05, 0.1) is 11.1 Å². The Morgan fingerprint density at radius 1 is 1.12 bits per heavy atom. The van der Waals surface area contributed by atoms with Crippen LogP contribution in [0.15, 0.2) is 59.0 Å². The molecule has 1 amide bonds. The maximum absolute atomic E-state index is 12.3. The number of amides is 1. The van der Waals surface area contributed by atoms with Crippen LogP contribution in [0.1, 0.15) is 27.2 Å². The Bertz CT molecular complexity index is 1080. The van der Waals surface area contributed by atoms with E-state index < -0.39 is 5.97 Å².